The minimum absolute atomic E-state index is 0.107. The maximum atomic E-state index is 13.7. The van der Waals surface area contributed by atoms with E-state index >= 15 is 0 Å². The lowest BCUT2D eigenvalue weighted by atomic mass is 10.0. The Morgan fingerprint density at radius 3 is 2.89 bits per heavy atom. The zero-order chi connectivity index (χ0) is 12.4. The summed E-state index contributed by atoms with van der Waals surface area (Å²) in [5.74, 6) is 0.837. The van der Waals surface area contributed by atoms with Crippen LogP contribution in [0, 0.1) is 5.82 Å². The highest BCUT2D eigenvalue weighted by molar-refractivity contribution is 7.99. The lowest BCUT2D eigenvalue weighted by molar-refractivity contribution is -0.0421. The fourth-order valence-electron chi connectivity index (χ4n) is 2.69. The average molecular weight is 267 g/mol. The van der Waals surface area contributed by atoms with Crippen molar-refractivity contribution in [1.82, 2.24) is 5.48 Å². The van der Waals surface area contributed by atoms with Crippen LogP contribution in [0.15, 0.2) is 23.1 Å². The summed E-state index contributed by atoms with van der Waals surface area (Å²) in [6.07, 6.45) is 6.15. The number of rotatable bonds is 3. The van der Waals surface area contributed by atoms with E-state index in [9.17, 15) is 4.39 Å². The number of fused-ring (bicyclic) bond motifs is 1. The molecule has 0 spiro atoms. The van der Waals surface area contributed by atoms with Crippen molar-refractivity contribution in [2.75, 3.05) is 5.75 Å². The molecular weight excluding hydrogens is 249 g/mol. The topological polar surface area (TPSA) is 21.3 Å². The molecule has 98 valence electrons. The number of nitrogens with one attached hydrogen (secondary N) is 1. The Morgan fingerprint density at radius 2 is 2.06 bits per heavy atom. The van der Waals surface area contributed by atoms with E-state index in [1.165, 1.54) is 18.9 Å². The monoisotopic (exact) mass is 267 g/mol. The van der Waals surface area contributed by atoms with E-state index in [0.29, 0.717) is 6.10 Å². The minimum Gasteiger partial charge on any atom is -0.298 e. The third kappa shape index (κ3) is 2.56. The minimum atomic E-state index is -0.107. The molecule has 1 aromatic rings. The first kappa shape index (κ1) is 12.5. The van der Waals surface area contributed by atoms with Crippen LogP contribution < -0.4 is 5.48 Å². The van der Waals surface area contributed by atoms with Crippen molar-refractivity contribution in [3.05, 3.63) is 29.6 Å². The molecule has 18 heavy (non-hydrogen) atoms. The van der Waals surface area contributed by atoms with Crippen LogP contribution in [-0.2, 0) is 4.84 Å². The van der Waals surface area contributed by atoms with Gasteiger partial charge in [-0.05, 0) is 30.9 Å². The highest BCUT2D eigenvalue weighted by atomic mass is 32.2. The van der Waals surface area contributed by atoms with Crippen LogP contribution in [-0.4, -0.2) is 11.9 Å². The number of hydrogen-bond acceptors (Lipinski definition) is 3. The summed E-state index contributed by atoms with van der Waals surface area (Å²) in [7, 11) is 0. The van der Waals surface area contributed by atoms with Crippen LogP contribution in [0.3, 0.4) is 0 Å². The molecule has 1 heterocycles. The van der Waals surface area contributed by atoms with Crippen molar-refractivity contribution >= 4 is 11.8 Å². The van der Waals surface area contributed by atoms with E-state index in [1.54, 1.807) is 17.8 Å². The first-order valence-electron chi connectivity index (χ1n) is 6.67. The molecule has 4 heteroatoms. The Labute approximate surface area is 111 Å². The summed E-state index contributed by atoms with van der Waals surface area (Å²) in [4.78, 5) is 6.55. The Hall–Kier alpha value is -0.580. The Bertz CT molecular complexity index is 420. The molecule has 1 unspecified atom stereocenters. The molecule has 1 N–H and O–H groups in total. The quantitative estimate of drug-likeness (QED) is 0.841. The zero-order valence-electron chi connectivity index (χ0n) is 10.3. The molecule has 1 atom stereocenters. The van der Waals surface area contributed by atoms with Gasteiger partial charge in [0.15, 0.2) is 0 Å². The van der Waals surface area contributed by atoms with Gasteiger partial charge in [0.25, 0.3) is 0 Å². The molecule has 1 saturated carbocycles. The predicted octanol–water partition coefficient (Wildman–Crippen LogP) is 3.83. The maximum absolute atomic E-state index is 13.7. The molecule has 0 radical (unpaired) electrons. The highest BCUT2D eigenvalue weighted by Gasteiger charge is 2.24. The largest absolute Gasteiger partial charge is 0.298 e. The van der Waals surface area contributed by atoms with Crippen LogP contribution >= 0.6 is 11.8 Å². The van der Waals surface area contributed by atoms with Gasteiger partial charge in [-0.3, -0.25) is 4.84 Å². The highest BCUT2D eigenvalue weighted by Crippen LogP contribution is 2.38. The number of halogens is 1. The number of hydroxylamine groups is 1. The molecule has 0 saturated heterocycles. The second-order valence-corrected chi connectivity index (χ2v) is 6.10. The molecular formula is C14H18FNOS. The van der Waals surface area contributed by atoms with Crippen LogP contribution in [0.2, 0.25) is 0 Å². The van der Waals surface area contributed by atoms with Crippen molar-refractivity contribution in [2.45, 2.75) is 49.1 Å². The Kier molecular flexibility index (Phi) is 3.87. The number of benzene rings is 1. The van der Waals surface area contributed by atoms with Crippen LogP contribution in [0.4, 0.5) is 4.39 Å². The molecule has 1 aliphatic carbocycles. The van der Waals surface area contributed by atoms with Crippen LogP contribution in [0.1, 0.15) is 43.7 Å². The lowest BCUT2D eigenvalue weighted by Gasteiger charge is -2.27. The summed E-state index contributed by atoms with van der Waals surface area (Å²) in [5.41, 5.74) is 4.21. The first-order chi connectivity index (χ1) is 8.84. The van der Waals surface area contributed by atoms with Gasteiger partial charge in [-0.25, -0.2) is 4.39 Å². The molecule has 2 aliphatic rings. The second kappa shape index (κ2) is 5.59. The summed E-state index contributed by atoms with van der Waals surface area (Å²) >= 11 is 1.61. The molecule has 0 bridgehead atoms. The van der Waals surface area contributed by atoms with Crippen molar-refractivity contribution in [3.63, 3.8) is 0 Å². The van der Waals surface area contributed by atoms with Gasteiger partial charge in [-0.1, -0.05) is 25.0 Å². The maximum Gasteiger partial charge on any atom is 0.137 e. The van der Waals surface area contributed by atoms with Crippen LogP contribution in [0.25, 0.3) is 0 Å². The number of thioether (sulfide) groups is 1. The van der Waals surface area contributed by atoms with Gasteiger partial charge in [0.2, 0.25) is 0 Å². The standard InChI is InChI=1S/C14H18FNOS/c15-12-7-3-6-11-13(8-9-18-14(11)12)16-17-10-4-1-2-5-10/h3,6-7,10,13,16H,1-2,4-5,8-9H2. The van der Waals surface area contributed by atoms with E-state index in [2.05, 4.69) is 5.48 Å². The lowest BCUT2D eigenvalue weighted by Crippen LogP contribution is -2.29. The van der Waals surface area contributed by atoms with Gasteiger partial charge in [-0.2, -0.15) is 5.48 Å². The zero-order valence-corrected chi connectivity index (χ0v) is 11.1. The van der Waals surface area contributed by atoms with Gasteiger partial charge in [-0.15, -0.1) is 11.8 Å². The normalized spacial score (nSPS) is 24.2. The van der Waals surface area contributed by atoms with E-state index < -0.39 is 0 Å². The SMILES string of the molecule is Fc1cccc2c1SCCC2NOC1CCCC1. The molecule has 1 aliphatic heterocycles. The van der Waals surface area contributed by atoms with Gasteiger partial charge in [0.1, 0.15) is 5.82 Å². The van der Waals surface area contributed by atoms with Crippen molar-refractivity contribution < 1.29 is 9.23 Å². The fraction of sp³-hybridized carbons (Fsp3) is 0.571. The van der Waals surface area contributed by atoms with Gasteiger partial charge >= 0.3 is 0 Å². The van der Waals surface area contributed by atoms with Gasteiger partial charge < -0.3 is 0 Å². The van der Waals surface area contributed by atoms with E-state index in [4.69, 9.17) is 4.84 Å². The Morgan fingerprint density at radius 1 is 1.22 bits per heavy atom. The first-order valence-corrected chi connectivity index (χ1v) is 7.65. The van der Waals surface area contributed by atoms with Gasteiger partial charge in [0, 0.05) is 10.6 Å². The predicted molar refractivity (Wildman–Crippen MR) is 71.0 cm³/mol. The second-order valence-electron chi connectivity index (χ2n) is 4.99. The summed E-state index contributed by atoms with van der Waals surface area (Å²) < 4.78 is 13.7. The molecule has 0 aromatic heterocycles. The third-order valence-electron chi connectivity index (χ3n) is 3.70. The smallest absolute Gasteiger partial charge is 0.137 e. The third-order valence-corrected chi connectivity index (χ3v) is 4.86. The summed E-state index contributed by atoms with van der Waals surface area (Å²) in [6, 6.07) is 5.45. The van der Waals surface area contributed by atoms with Crippen molar-refractivity contribution in [2.24, 2.45) is 0 Å². The average Bonchev–Trinajstić information content (AvgIpc) is 2.90. The molecule has 0 amide bonds. The van der Waals surface area contributed by atoms with Crippen molar-refractivity contribution in [3.8, 4) is 0 Å². The van der Waals surface area contributed by atoms with Crippen LogP contribution in [0.5, 0.6) is 0 Å². The van der Waals surface area contributed by atoms with E-state index in [1.807, 2.05) is 6.07 Å². The Balaban J connectivity index is 1.69. The summed E-state index contributed by atoms with van der Waals surface area (Å²) in [5, 5.41) is 0. The van der Waals surface area contributed by atoms with E-state index in [-0.39, 0.29) is 11.9 Å². The molecule has 1 fully saturated rings. The van der Waals surface area contributed by atoms with Gasteiger partial charge in [0.05, 0.1) is 12.1 Å². The van der Waals surface area contributed by atoms with Crippen molar-refractivity contribution in [1.29, 1.82) is 0 Å². The molecule has 2 nitrogen and oxygen atoms in total. The number of hydrogen-bond donors (Lipinski definition) is 1. The van der Waals surface area contributed by atoms with E-state index in [0.717, 1.165) is 35.5 Å². The molecule has 3 rings (SSSR count). The summed E-state index contributed by atoms with van der Waals surface area (Å²) in [6.45, 7) is 0. The molecule has 1 aromatic carbocycles. The fourth-order valence-corrected chi connectivity index (χ4v) is 3.83.